The average Bonchev–Trinajstić information content (AvgIpc) is 2.27. The summed E-state index contributed by atoms with van der Waals surface area (Å²) in [5, 5.41) is 20.0. The molecule has 98 valence electrons. The standard InChI is InChI=1S/C13H16O5/c1-7(2)13(16)6-10(15)12-9(14)4-8(17-3)5-11(12)18-13/h4-5,7,14,16H,6H2,1-3H3. The largest absolute Gasteiger partial charge is 0.507 e. The predicted molar refractivity (Wildman–Crippen MR) is 64.0 cm³/mol. The van der Waals surface area contributed by atoms with Crippen molar-refractivity contribution >= 4 is 5.78 Å². The Morgan fingerprint density at radius 2 is 2.11 bits per heavy atom. The second-order valence-corrected chi connectivity index (χ2v) is 4.72. The fourth-order valence-electron chi connectivity index (χ4n) is 1.92. The van der Waals surface area contributed by atoms with Gasteiger partial charge in [-0.1, -0.05) is 13.8 Å². The van der Waals surface area contributed by atoms with Crippen molar-refractivity contribution < 1.29 is 24.5 Å². The summed E-state index contributed by atoms with van der Waals surface area (Å²) in [6, 6.07) is 2.83. The van der Waals surface area contributed by atoms with E-state index in [0.717, 1.165) is 0 Å². The third-order valence-corrected chi connectivity index (χ3v) is 3.17. The van der Waals surface area contributed by atoms with Crippen molar-refractivity contribution in [2.75, 3.05) is 7.11 Å². The highest BCUT2D eigenvalue weighted by molar-refractivity contribution is 6.02. The first-order valence-corrected chi connectivity index (χ1v) is 5.73. The smallest absolute Gasteiger partial charge is 0.217 e. The highest BCUT2D eigenvalue weighted by Gasteiger charge is 2.42. The lowest BCUT2D eigenvalue weighted by atomic mass is 9.90. The molecule has 0 radical (unpaired) electrons. The number of Topliss-reactive ketones (excluding diaryl/α,β-unsaturated/α-hetero) is 1. The Kier molecular flexibility index (Phi) is 2.94. The van der Waals surface area contributed by atoms with Gasteiger partial charge < -0.3 is 19.7 Å². The molecule has 1 unspecified atom stereocenters. The molecule has 0 bridgehead atoms. The Balaban J connectivity index is 2.53. The number of rotatable bonds is 2. The topological polar surface area (TPSA) is 76.0 Å². The monoisotopic (exact) mass is 252 g/mol. The van der Waals surface area contributed by atoms with E-state index in [4.69, 9.17) is 9.47 Å². The van der Waals surface area contributed by atoms with Crippen molar-refractivity contribution in [3.63, 3.8) is 0 Å². The van der Waals surface area contributed by atoms with Crippen LogP contribution >= 0.6 is 0 Å². The van der Waals surface area contributed by atoms with Crippen molar-refractivity contribution in [1.29, 1.82) is 0 Å². The van der Waals surface area contributed by atoms with Gasteiger partial charge in [0.2, 0.25) is 5.79 Å². The summed E-state index contributed by atoms with van der Waals surface area (Å²) in [5.74, 6) is -1.80. The van der Waals surface area contributed by atoms with E-state index in [2.05, 4.69) is 0 Å². The lowest BCUT2D eigenvalue weighted by molar-refractivity contribution is -0.170. The lowest BCUT2D eigenvalue weighted by Crippen LogP contribution is -2.46. The number of methoxy groups -OCH3 is 1. The SMILES string of the molecule is COc1cc(O)c2c(c1)OC(O)(C(C)C)CC2=O. The number of benzene rings is 1. The third-order valence-electron chi connectivity index (χ3n) is 3.17. The van der Waals surface area contributed by atoms with E-state index in [1.807, 2.05) is 0 Å². The van der Waals surface area contributed by atoms with Crippen LogP contribution in [0.1, 0.15) is 30.6 Å². The Morgan fingerprint density at radius 1 is 1.44 bits per heavy atom. The molecule has 1 atom stereocenters. The van der Waals surface area contributed by atoms with E-state index in [1.54, 1.807) is 13.8 Å². The van der Waals surface area contributed by atoms with Gasteiger partial charge in [-0.15, -0.1) is 0 Å². The van der Waals surface area contributed by atoms with Crippen LogP contribution in [0.5, 0.6) is 17.2 Å². The van der Waals surface area contributed by atoms with Gasteiger partial charge in [-0.3, -0.25) is 4.79 Å². The van der Waals surface area contributed by atoms with E-state index in [0.29, 0.717) is 5.75 Å². The number of fused-ring (bicyclic) bond motifs is 1. The summed E-state index contributed by atoms with van der Waals surface area (Å²) in [6.45, 7) is 3.52. The Bertz CT molecular complexity index is 494. The molecule has 1 heterocycles. The van der Waals surface area contributed by atoms with Crippen molar-refractivity contribution in [1.82, 2.24) is 0 Å². The molecular weight excluding hydrogens is 236 g/mol. The van der Waals surface area contributed by atoms with E-state index in [1.165, 1.54) is 19.2 Å². The number of ether oxygens (including phenoxy) is 2. The maximum absolute atomic E-state index is 12.0. The molecule has 0 saturated heterocycles. The highest BCUT2D eigenvalue weighted by Crippen LogP contribution is 2.42. The normalized spacial score (nSPS) is 22.6. The van der Waals surface area contributed by atoms with E-state index in [9.17, 15) is 15.0 Å². The molecule has 1 aliphatic rings. The zero-order valence-corrected chi connectivity index (χ0v) is 10.6. The summed E-state index contributed by atoms with van der Waals surface area (Å²) in [6.07, 6.45) is -0.169. The molecule has 5 heteroatoms. The van der Waals surface area contributed by atoms with Gasteiger partial charge in [-0.25, -0.2) is 0 Å². The van der Waals surface area contributed by atoms with Crippen molar-refractivity contribution in [3.8, 4) is 17.2 Å². The van der Waals surface area contributed by atoms with Gasteiger partial charge in [-0.05, 0) is 0 Å². The molecule has 18 heavy (non-hydrogen) atoms. The fraction of sp³-hybridized carbons (Fsp3) is 0.462. The maximum atomic E-state index is 12.0. The minimum atomic E-state index is -1.54. The van der Waals surface area contributed by atoms with Crippen molar-refractivity contribution in [3.05, 3.63) is 17.7 Å². The van der Waals surface area contributed by atoms with Gasteiger partial charge >= 0.3 is 0 Å². The molecule has 0 amide bonds. The summed E-state index contributed by atoms with van der Waals surface area (Å²) in [5.41, 5.74) is 0.0983. The second kappa shape index (κ2) is 4.17. The van der Waals surface area contributed by atoms with Crippen LogP contribution < -0.4 is 9.47 Å². The first-order valence-electron chi connectivity index (χ1n) is 5.73. The quantitative estimate of drug-likeness (QED) is 0.838. The number of hydrogen-bond donors (Lipinski definition) is 2. The molecule has 0 spiro atoms. The second-order valence-electron chi connectivity index (χ2n) is 4.72. The number of aliphatic hydroxyl groups is 1. The minimum Gasteiger partial charge on any atom is -0.507 e. The number of aromatic hydroxyl groups is 1. The lowest BCUT2D eigenvalue weighted by Gasteiger charge is -2.36. The number of phenols is 1. The van der Waals surface area contributed by atoms with Crippen molar-refractivity contribution in [2.45, 2.75) is 26.1 Å². The van der Waals surface area contributed by atoms with Crippen LogP contribution in [-0.2, 0) is 0 Å². The summed E-state index contributed by atoms with van der Waals surface area (Å²) < 4.78 is 10.5. The van der Waals surface area contributed by atoms with Gasteiger partial charge in [0, 0.05) is 18.1 Å². The molecule has 0 saturated carbocycles. The van der Waals surface area contributed by atoms with Crippen molar-refractivity contribution in [2.24, 2.45) is 5.92 Å². The molecule has 1 aromatic rings. The average molecular weight is 252 g/mol. The first-order chi connectivity index (χ1) is 8.37. The predicted octanol–water partition coefficient (Wildman–Crippen LogP) is 1.71. The van der Waals surface area contributed by atoms with Crippen LogP contribution in [0.25, 0.3) is 0 Å². The molecule has 2 N–H and O–H groups in total. The van der Waals surface area contributed by atoms with Crippen LogP contribution in [0.3, 0.4) is 0 Å². The molecule has 5 nitrogen and oxygen atoms in total. The third kappa shape index (κ3) is 1.90. The summed E-state index contributed by atoms with van der Waals surface area (Å²) in [4.78, 5) is 12.0. The zero-order chi connectivity index (χ0) is 13.5. The Hall–Kier alpha value is -1.75. The first kappa shape index (κ1) is 12.7. The molecule has 1 aliphatic heterocycles. The minimum absolute atomic E-state index is 0.0983. The zero-order valence-electron chi connectivity index (χ0n) is 10.6. The van der Waals surface area contributed by atoms with Gasteiger partial charge in [0.05, 0.1) is 13.5 Å². The van der Waals surface area contributed by atoms with E-state index in [-0.39, 0.29) is 35.2 Å². The Labute approximate surface area is 105 Å². The molecule has 0 aromatic heterocycles. The van der Waals surface area contributed by atoms with Crippen LogP contribution in [0.2, 0.25) is 0 Å². The van der Waals surface area contributed by atoms with Gasteiger partial charge in [0.1, 0.15) is 22.8 Å². The van der Waals surface area contributed by atoms with Crippen LogP contribution in [0.15, 0.2) is 12.1 Å². The summed E-state index contributed by atoms with van der Waals surface area (Å²) in [7, 11) is 1.44. The number of ketones is 1. The molecule has 2 rings (SSSR count). The maximum Gasteiger partial charge on any atom is 0.217 e. The van der Waals surface area contributed by atoms with Gasteiger partial charge in [0.15, 0.2) is 5.78 Å². The molecule has 0 fully saturated rings. The molecule has 0 aliphatic carbocycles. The van der Waals surface area contributed by atoms with Gasteiger partial charge in [0.25, 0.3) is 0 Å². The molecular formula is C13H16O5. The van der Waals surface area contributed by atoms with E-state index >= 15 is 0 Å². The Morgan fingerprint density at radius 3 is 2.67 bits per heavy atom. The van der Waals surface area contributed by atoms with E-state index < -0.39 is 5.79 Å². The highest BCUT2D eigenvalue weighted by atomic mass is 16.6. The molecule has 1 aromatic carbocycles. The number of hydrogen-bond acceptors (Lipinski definition) is 5. The number of carbonyl (C=O) groups is 1. The summed E-state index contributed by atoms with van der Waals surface area (Å²) >= 11 is 0. The van der Waals surface area contributed by atoms with Gasteiger partial charge in [-0.2, -0.15) is 0 Å². The fourth-order valence-corrected chi connectivity index (χ4v) is 1.92. The van der Waals surface area contributed by atoms with Crippen LogP contribution in [0, 0.1) is 5.92 Å². The number of carbonyl (C=O) groups excluding carboxylic acids is 1. The van der Waals surface area contributed by atoms with Crippen LogP contribution in [-0.4, -0.2) is 28.9 Å². The van der Waals surface area contributed by atoms with Crippen LogP contribution in [0.4, 0.5) is 0 Å². The number of phenolic OH excluding ortho intramolecular Hbond substituents is 1.